The summed E-state index contributed by atoms with van der Waals surface area (Å²) in [6, 6.07) is 15.4. The molecule has 0 spiro atoms. The third kappa shape index (κ3) is 2.73. The number of benzene rings is 2. The van der Waals surface area contributed by atoms with Gasteiger partial charge in [0.15, 0.2) is 0 Å². The molecule has 0 aromatic heterocycles. The van der Waals surface area contributed by atoms with Gasteiger partial charge >= 0.3 is 0 Å². The SMILES string of the molecule is CC1(C)CCC(C(N)c2ccc3ccccc3c2)CC1. The van der Waals surface area contributed by atoms with Crippen LogP contribution in [-0.2, 0) is 0 Å². The molecule has 20 heavy (non-hydrogen) atoms. The molecule has 1 fully saturated rings. The van der Waals surface area contributed by atoms with Gasteiger partial charge in [0.25, 0.3) is 0 Å². The first-order chi connectivity index (χ1) is 9.55. The summed E-state index contributed by atoms with van der Waals surface area (Å²) in [5.74, 6) is 0.643. The van der Waals surface area contributed by atoms with E-state index in [1.165, 1.54) is 42.0 Å². The molecule has 0 bridgehead atoms. The quantitative estimate of drug-likeness (QED) is 0.809. The van der Waals surface area contributed by atoms with Gasteiger partial charge in [0, 0.05) is 6.04 Å². The second kappa shape index (κ2) is 5.21. The lowest BCUT2D eigenvalue weighted by Crippen LogP contribution is -2.29. The second-order valence-electron chi connectivity index (χ2n) is 7.13. The van der Waals surface area contributed by atoms with Crippen LogP contribution in [0.15, 0.2) is 42.5 Å². The standard InChI is InChI=1S/C19H25N/c1-19(2)11-9-15(10-12-19)18(20)17-8-7-14-5-3-4-6-16(14)13-17/h3-8,13,15,18H,9-12,20H2,1-2H3. The number of hydrogen-bond donors (Lipinski definition) is 1. The Morgan fingerprint density at radius 2 is 1.65 bits per heavy atom. The van der Waals surface area contributed by atoms with E-state index in [-0.39, 0.29) is 6.04 Å². The Bertz CT molecular complexity index is 589. The number of hydrogen-bond acceptors (Lipinski definition) is 1. The first-order valence-electron chi connectivity index (χ1n) is 7.79. The van der Waals surface area contributed by atoms with Crippen molar-refractivity contribution >= 4 is 10.8 Å². The fourth-order valence-electron chi connectivity index (χ4n) is 3.47. The van der Waals surface area contributed by atoms with E-state index in [2.05, 4.69) is 56.3 Å². The lowest BCUT2D eigenvalue weighted by Gasteiger charge is -2.37. The molecule has 2 aromatic carbocycles. The van der Waals surface area contributed by atoms with Gasteiger partial charge in [-0.25, -0.2) is 0 Å². The lowest BCUT2D eigenvalue weighted by molar-refractivity contribution is 0.173. The monoisotopic (exact) mass is 267 g/mol. The summed E-state index contributed by atoms with van der Waals surface area (Å²) >= 11 is 0. The van der Waals surface area contributed by atoms with Crippen LogP contribution in [0.4, 0.5) is 0 Å². The zero-order chi connectivity index (χ0) is 14.2. The normalized spacial score (nSPS) is 20.9. The van der Waals surface area contributed by atoms with Crippen molar-refractivity contribution in [2.24, 2.45) is 17.1 Å². The zero-order valence-corrected chi connectivity index (χ0v) is 12.6. The number of rotatable bonds is 2. The van der Waals surface area contributed by atoms with Crippen molar-refractivity contribution < 1.29 is 0 Å². The molecule has 1 atom stereocenters. The predicted octanol–water partition coefficient (Wildman–Crippen LogP) is 5.06. The summed E-state index contributed by atoms with van der Waals surface area (Å²) < 4.78 is 0. The third-order valence-electron chi connectivity index (χ3n) is 5.05. The first kappa shape index (κ1) is 13.6. The van der Waals surface area contributed by atoms with Crippen LogP contribution in [0.5, 0.6) is 0 Å². The molecular formula is C19H25N. The molecule has 0 radical (unpaired) electrons. The Morgan fingerprint density at radius 3 is 2.35 bits per heavy atom. The van der Waals surface area contributed by atoms with Gasteiger partial charge in [-0.15, -0.1) is 0 Å². The van der Waals surface area contributed by atoms with Crippen molar-refractivity contribution in [3.05, 3.63) is 48.0 Å². The van der Waals surface area contributed by atoms with Crippen molar-refractivity contribution in [2.75, 3.05) is 0 Å². The van der Waals surface area contributed by atoms with Gasteiger partial charge in [-0.2, -0.15) is 0 Å². The van der Waals surface area contributed by atoms with Crippen molar-refractivity contribution in [1.29, 1.82) is 0 Å². The zero-order valence-electron chi connectivity index (χ0n) is 12.6. The summed E-state index contributed by atoms with van der Waals surface area (Å²) in [4.78, 5) is 0. The Balaban J connectivity index is 1.80. The largest absolute Gasteiger partial charge is 0.324 e. The van der Waals surface area contributed by atoms with Crippen LogP contribution in [0.2, 0.25) is 0 Å². The van der Waals surface area contributed by atoms with Crippen LogP contribution in [-0.4, -0.2) is 0 Å². The molecule has 106 valence electrons. The molecule has 0 aliphatic heterocycles. The van der Waals surface area contributed by atoms with Gasteiger partial charge < -0.3 is 5.73 Å². The number of fused-ring (bicyclic) bond motifs is 1. The van der Waals surface area contributed by atoms with Gasteiger partial charge in [0.05, 0.1) is 0 Å². The lowest BCUT2D eigenvalue weighted by atomic mass is 9.70. The van der Waals surface area contributed by atoms with Gasteiger partial charge in [-0.3, -0.25) is 0 Å². The van der Waals surface area contributed by atoms with Crippen LogP contribution in [0, 0.1) is 11.3 Å². The first-order valence-corrected chi connectivity index (χ1v) is 7.79. The molecule has 2 aromatic rings. The van der Waals surface area contributed by atoms with Crippen LogP contribution < -0.4 is 5.73 Å². The smallest absolute Gasteiger partial charge is 0.0323 e. The minimum atomic E-state index is 0.190. The maximum Gasteiger partial charge on any atom is 0.0323 e. The van der Waals surface area contributed by atoms with E-state index in [4.69, 9.17) is 5.73 Å². The summed E-state index contributed by atoms with van der Waals surface area (Å²) in [6.07, 6.45) is 5.14. The molecule has 0 amide bonds. The van der Waals surface area contributed by atoms with Gasteiger partial charge in [0.1, 0.15) is 0 Å². The summed E-state index contributed by atoms with van der Waals surface area (Å²) in [7, 11) is 0. The van der Waals surface area contributed by atoms with Crippen LogP contribution in [0.1, 0.15) is 51.1 Å². The van der Waals surface area contributed by atoms with E-state index in [0.717, 1.165) is 0 Å². The molecule has 2 N–H and O–H groups in total. The molecule has 3 rings (SSSR count). The van der Waals surface area contributed by atoms with Crippen LogP contribution in [0.3, 0.4) is 0 Å². The third-order valence-corrected chi connectivity index (χ3v) is 5.05. The van der Waals surface area contributed by atoms with Gasteiger partial charge in [-0.1, -0.05) is 50.2 Å². The average molecular weight is 267 g/mol. The van der Waals surface area contributed by atoms with E-state index >= 15 is 0 Å². The Morgan fingerprint density at radius 1 is 1.00 bits per heavy atom. The molecule has 1 heteroatoms. The average Bonchev–Trinajstić information content (AvgIpc) is 2.46. The van der Waals surface area contributed by atoms with Gasteiger partial charge in [-0.05, 0) is 59.4 Å². The summed E-state index contributed by atoms with van der Waals surface area (Å²) in [5.41, 5.74) is 8.36. The minimum absolute atomic E-state index is 0.190. The van der Waals surface area contributed by atoms with Crippen molar-refractivity contribution in [3.63, 3.8) is 0 Å². The van der Waals surface area contributed by atoms with Crippen LogP contribution in [0.25, 0.3) is 10.8 Å². The fourth-order valence-corrected chi connectivity index (χ4v) is 3.47. The molecule has 1 aliphatic carbocycles. The van der Waals surface area contributed by atoms with E-state index in [9.17, 15) is 0 Å². The molecule has 1 unspecified atom stereocenters. The Kier molecular flexibility index (Phi) is 3.55. The molecular weight excluding hydrogens is 242 g/mol. The highest BCUT2D eigenvalue weighted by atomic mass is 14.7. The molecule has 0 saturated heterocycles. The van der Waals surface area contributed by atoms with Gasteiger partial charge in [0.2, 0.25) is 0 Å². The van der Waals surface area contributed by atoms with Crippen molar-refractivity contribution in [1.82, 2.24) is 0 Å². The molecule has 1 aliphatic rings. The highest BCUT2D eigenvalue weighted by molar-refractivity contribution is 5.83. The predicted molar refractivity (Wildman–Crippen MR) is 86.6 cm³/mol. The number of nitrogens with two attached hydrogens (primary N) is 1. The Hall–Kier alpha value is -1.34. The molecule has 1 saturated carbocycles. The Labute approximate surface area is 122 Å². The topological polar surface area (TPSA) is 26.0 Å². The summed E-state index contributed by atoms with van der Waals surface area (Å²) in [6.45, 7) is 4.76. The minimum Gasteiger partial charge on any atom is -0.324 e. The van der Waals surface area contributed by atoms with E-state index in [0.29, 0.717) is 11.3 Å². The van der Waals surface area contributed by atoms with E-state index in [1.54, 1.807) is 0 Å². The van der Waals surface area contributed by atoms with Crippen molar-refractivity contribution in [3.8, 4) is 0 Å². The maximum atomic E-state index is 6.55. The second-order valence-corrected chi connectivity index (χ2v) is 7.13. The highest BCUT2D eigenvalue weighted by Crippen LogP contribution is 2.42. The van der Waals surface area contributed by atoms with E-state index in [1.807, 2.05) is 0 Å². The van der Waals surface area contributed by atoms with Crippen molar-refractivity contribution in [2.45, 2.75) is 45.6 Å². The van der Waals surface area contributed by atoms with E-state index < -0.39 is 0 Å². The molecule has 0 heterocycles. The highest BCUT2D eigenvalue weighted by Gasteiger charge is 2.30. The maximum absolute atomic E-state index is 6.55. The fraction of sp³-hybridized carbons (Fsp3) is 0.474. The van der Waals surface area contributed by atoms with Crippen LogP contribution >= 0.6 is 0 Å². The molecule has 1 nitrogen and oxygen atoms in total. The summed E-state index contributed by atoms with van der Waals surface area (Å²) in [5, 5.41) is 2.60.